The molecule has 2 heterocycles. The van der Waals surface area contributed by atoms with Gasteiger partial charge >= 0.3 is 14.2 Å². The Morgan fingerprint density at radius 1 is 0.786 bits per heavy atom. The predicted molar refractivity (Wildman–Crippen MR) is 111 cm³/mol. The summed E-state index contributed by atoms with van der Waals surface area (Å²) >= 11 is 0. The molecule has 0 unspecified atom stereocenters. The Morgan fingerprint density at radius 3 is 1.79 bits per heavy atom. The first-order chi connectivity index (χ1) is 13.8. The third-order valence-corrected chi connectivity index (χ3v) is 5.20. The third-order valence-electron chi connectivity index (χ3n) is 5.20. The van der Waals surface area contributed by atoms with Gasteiger partial charge in [0.15, 0.2) is 0 Å². The van der Waals surface area contributed by atoms with Gasteiger partial charge in [0, 0.05) is 39.4 Å². The average Bonchev–Trinajstić information content (AvgIpc) is 3.33. The zero-order valence-corrected chi connectivity index (χ0v) is 16.1. The van der Waals surface area contributed by atoms with Gasteiger partial charge in [-0.1, -0.05) is 48.5 Å². The van der Waals surface area contributed by atoms with Crippen LogP contribution in [0.3, 0.4) is 0 Å². The number of hydrogen-bond acceptors (Lipinski definition) is 6. The Labute approximate surface area is 167 Å². The van der Waals surface area contributed by atoms with Crippen LogP contribution < -0.4 is 16.7 Å². The quantitative estimate of drug-likeness (QED) is 0.592. The largest absolute Gasteiger partial charge is 0.494 e. The fourth-order valence-corrected chi connectivity index (χ4v) is 3.67. The zero-order chi connectivity index (χ0) is 19.2. The monoisotopic (exact) mass is 380 g/mol. The van der Waals surface area contributed by atoms with Crippen molar-refractivity contribution >= 4 is 25.2 Å². The minimum Gasteiger partial charge on any atom is -0.406 e. The molecule has 0 radical (unpaired) electrons. The van der Waals surface area contributed by atoms with Crippen LogP contribution in [0.25, 0.3) is 0 Å². The van der Waals surface area contributed by atoms with Gasteiger partial charge in [0.25, 0.3) is 0 Å². The molecule has 0 bridgehead atoms. The third kappa shape index (κ3) is 4.66. The summed E-state index contributed by atoms with van der Waals surface area (Å²) in [4.78, 5) is 2.25. The summed E-state index contributed by atoms with van der Waals surface area (Å²) in [5, 5.41) is 0. The second-order valence-electron chi connectivity index (χ2n) is 7.06. The van der Waals surface area contributed by atoms with Gasteiger partial charge in [-0.25, -0.2) is 0 Å². The van der Waals surface area contributed by atoms with E-state index in [4.69, 9.17) is 24.4 Å². The molecular weight excluding hydrogens is 354 g/mol. The second-order valence-corrected chi connectivity index (χ2v) is 7.06. The molecule has 2 aliphatic heterocycles. The maximum Gasteiger partial charge on any atom is 0.494 e. The fourth-order valence-electron chi connectivity index (χ4n) is 3.67. The van der Waals surface area contributed by atoms with E-state index in [0.29, 0.717) is 33.0 Å². The summed E-state index contributed by atoms with van der Waals surface area (Å²) in [6, 6.07) is 16.4. The number of benzene rings is 2. The van der Waals surface area contributed by atoms with Crippen LogP contribution in [-0.4, -0.2) is 58.5 Å². The maximum absolute atomic E-state index is 5.96. The van der Waals surface area contributed by atoms with E-state index in [9.17, 15) is 0 Å². The molecule has 2 aromatic carbocycles. The van der Waals surface area contributed by atoms with Gasteiger partial charge in [-0.05, 0) is 22.1 Å². The summed E-state index contributed by atoms with van der Waals surface area (Å²) in [5.74, 6) is 0. The van der Waals surface area contributed by atoms with Crippen LogP contribution in [0.15, 0.2) is 48.5 Å². The lowest BCUT2D eigenvalue weighted by atomic mass is 9.79. The molecule has 0 atom stereocenters. The van der Waals surface area contributed by atoms with Crippen LogP contribution in [0.4, 0.5) is 0 Å². The van der Waals surface area contributed by atoms with E-state index in [1.165, 1.54) is 11.1 Å². The van der Waals surface area contributed by atoms with E-state index in [2.05, 4.69) is 29.2 Å². The molecule has 0 aliphatic carbocycles. The standard InChI is InChI=1S/C20H26B2N2O4/c23-9-10-24(11-13-25-21-19-7-3-1-5-17(19)15-27-21)12-14-26-22-20-8-4-2-6-18(20)16-28-22/h1-8H,9-16,23H2. The molecule has 2 aliphatic rings. The summed E-state index contributed by atoms with van der Waals surface area (Å²) in [6.07, 6.45) is 0. The average molecular weight is 380 g/mol. The first-order valence-electron chi connectivity index (χ1n) is 9.89. The van der Waals surface area contributed by atoms with Gasteiger partial charge in [-0.2, -0.15) is 0 Å². The van der Waals surface area contributed by atoms with Crippen molar-refractivity contribution in [3.8, 4) is 0 Å². The molecular formula is C20H26B2N2O4. The van der Waals surface area contributed by atoms with Gasteiger partial charge in [-0.3, -0.25) is 4.90 Å². The van der Waals surface area contributed by atoms with Crippen LogP contribution >= 0.6 is 0 Å². The molecule has 0 spiro atoms. The molecule has 8 heteroatoms. The summed E-state index contributed by atoms with van der Waals surface area (Å²) in [5.41, 5.74) is 10.4. The van der Waals surface area contributed by atoms with Gasteiger partial charge in [-0.15, -0.1) is 0 Å². The number of hydrogen-bond donors (Lipinski definition) is 1. The van der Waals surface area contributed by atoms with Crippen molar-refractivity contribution in [1.29, 1.82) is 0 Å². The highest BCUT2D eigenvalue weighted by Gasteiger charge is 2.31. The lowest BCUT2D eigenvalue weighted by molar-refractivity contribution is 0.146. The minimum absolute atomic E-state index is 0.268. The number of rotatable bonds is 10. The number of nitrogens with two attached hydrogens (primary N) is 1. The molecule has 4 rings (SSSR count). The molecule has 146 valence electrons. The molecule has 2 aromatic rings. The Kier molecular flexibility index (Phi) is 6.80. The van der Waals surface area contributed by atoms with Crippen molar-refractivity contribution in [1.82, 2.24) is 4.90 Å². The van der Waals surface area contributed by atoms with Crippen LogP contribution in [0.2, 0.25) is 0 Å². The second kappa shape index (κ2) is 9.69. The minimum atomic E-state index is -0.268. The highest BCUT2D eigenvalue weighted by atomic mass is 16.6. The summed E-state index contributed by atoms with van der Waals surface area (Å²) in [6.45, 7) is 5.37. The van der Waals surface area contributed by atoms with Gasteiger partial charge in [0.2, 0.25) is 0 Å². The molecule has 0 amide bonds. The molecule has 0 fully saturated rings. The van der Waals surface area contributed by atoms with Crippen LogP contribution in [0.1, 0.15) is 11.1 Å². The van der Waals surface area contributed by atoms with E-state index in [-0.39, 0.29) is 14.2 Å². The van der Waals surface area contributed by atoms with Crippen LogP contribution in [0, 0.1) is 0 Å². The fraction of sp³-hybridized carbons (Fsp3) is 0.400. The Hall–Kier alpha value is -1.67. The molecule has 0 saturated carbocycles. The first-order valence-corrected chi connectivity index (χ1v) is 9.89. The number of nitrogens with zero attached hydrogens (tertiary/aromatic N) is 1. The van der Waals surface area contributed by atoms with Crippen molar-refractivity contribution in [2.24, 2.45) is 5.73 Å². The Morgan fingerprint density at radius 2 is 1.29 bits per heavy atom. The lowest BCUT2D eigenvalue weighted by Gasteiger charge is -2.22. The van der Waals surface area contributed by atoms with Crippen LogP contribution in [-0.2, 0) is 31.8 Å². The lowest BCUT2D eigenvalue weighted by Crippen LogP contribution is -2.40. The summed E-state index contributed by atoms with van der Waals surface area (Å²) < 4.78 is 23.4. The molecule has 2 N–H and O–H groups in total. The highest BCUT2D eigenvalue weighted by Crippen LogP contribution is 2.12. The molecule has 28 heavy (non-hydrogen) atoms. The molecule has 6 nitrogen and oxygen atoms in total. The summed E-state index contributed by atoms with van der Waals surface area (Å²) in [7, 11) is -0.536. The van der Waals surface area contributed by atoms with Crippen molar-refractivity contribution in [2.75, 3.05) is 39.4 Å². The van der Waals surface area contributed by atoms with Crippen molar-refractivity contribution in [2.45, 2.75) is 13.2 Å². The van der Waals surface area contributed by atoms with Gasteiger partial charge in [0.1, 0.15) is 0 Å². The van der Waals surface area contributed by atoms with E-state index in [1.807, 2.05) is 24.3 Å². The number of fused-ring (bicyclic) bond motifs is 2. The van der Waals surface area contributed by atoms with E-state index in [1.54, 1.807) is 0 Å². The smallest absolute Gasteiger partial charge is 0.406 e. The van der Waals surface area contributed by atoms with Crippen LogP contribution in [0.5, 0.6) is 0 Å². The predicted octanol–water partition coefficient (Wildman–Crippen LogP) is 0.132. The molecule has 0 aromatic heterocycles. The van der Waals surface area contributed by atoms with Gasteiger partial charge < -0.3 is 24.4 Å². The maximum atomic E-state index is 5.96. The van der Waals surface area contributed by atoms with E-state index in [0.717, 1.165) is 30.6 Å². The Balaban J connectivity index is 1.20. The highest BCUT2D eigenvalue weighted by molar-refractivity contribution is 6.63. The molecule has 0 saturated heterocycles. The van der Waals surface area contributed by atoms with Crippen molar-refractivity contribution < 1.29 is 18.6 Å². The van der Waals surface area contributed by atoms with Gasteiger partial charge in [0.05, 0.1) is 13.2 Å². The van der Waals surface area contributed by atoms with Crippen molar-refractivity contribution in [3.63, 3.8) is 0 Å². The van der Waals surface area contributed by atoms with E-state index < -0.39 is 0 Å². The normalized spacial score (nSPS) is 15.4. The SMILES string of the molecule is NCCN(CCOB1OCc2ccccc21)CCOB1OCc2ccccc21. The topological polar surface area (TPSA) is 66.2 Å². The van der Waals surface area contributed by atoms with Crippen molar-refractivity contribution in [3.05, 3.63) is 59.7 Å². The zero-order valence-electron chi connectivity index (χ0n) is 16.1. The van der Waals surface area contributed by atoms with E-state index >= 15 is 0 Å². The first kappa shape index (κ1) is 19.6. The Bertz CT molecular complexity index is 718.